The molecule has 0 radical (unpaired) electrons. The van der Waals surface area contributed by atoms with E-state index in [4.69, 9.17) is 17.3 Å². The van der Waals surface area contributed by atoms with Crippen LogP contribution < -0.4 is 10.6 Å². The predicted octanol–water partition coefficient (Wildman–Crippen LogP) is 1.43. The van der Waals surface area contributed by atoms with Gasteiger partial charge >= 0.3 is 5.69 Å². The number of rotatable bonds is 2. The van der Waals surface area contributed by atoms with Crippen LogP contribution in [0.1, 0.15) is 6.92 Å². The number of anilines is 1. The maximum absolute atomic E-state index is 10.9. The molecule has 0 amide bonds. The molecule has 1 aliphatic heterocycles. The summed E-state index contributed by atoms with van der Waals surface area (Å²) in [6.45, 7) is 3.28. The van der Waals surface area contributed by atoms with Crippen LogP contribution in [0.15, 0.2) is 12.3 Å². The Hall–Kier alpha value is -1.40. The monoisotopic (exact) mass is 256 g/mol. The van der Waals surface area contributed by atoms with Crippen LogP contribution in [-0.2, 0) is 0 Å². The van der Waals surface area contributed by atoms with Gasteiger partial charge in [0.1, 0.15) is 0 Å². The molecule has 92 valence electrons. The van der Waals surface area contributed by atoms with Crippen molar-refractivity contribution in [2.45, 2.75) is 13.0 Å². The first-order valence-corrected chi connectivity index (χ1v) is 5.67. The van der Waals surface area contributed by atoms with Gasteiger partial charge in [-0.15, -0.1) is 0 Å². The molecule has 0 bridgehead atoms. The van der Waals surface area contributed by atoms with Gasteiger partial charge < -0.3 is 10.6 Å². The van der Waals surface area contributed by atoms with Gasteiger partial charge in [0, 0.05) is 31.4 Å². The number of hydrogen-bond donors (Lipinski definition) is 1. The lowest BCUT2D eigenvalue weighted by Gasteiger charge is -2.16. The van der Waals surface area contributed by atoms with Crippen LogP contribution >= 0.6 is 11.6 Å². The zero-order valence-corrected chi connectivity index (χ0v) is 10.1. The summed E-state index contributed by atoms with van der Waals surface area (Å²) in [5, 5.41) is 11.2. The Balaban J connectivity index is 2.36. The fourth-order valence-electron chi connectivity index (χ4n) is 1.96. The van der Waals surface area contributed by atoms with E-state index in [1.807, 2.05) is 11.8 Å². The van der Waals surface area contributed by atoms with Crippen molar-refractivity contribution in [1.82, 2.24) is 4.98 Å². The number of hydrogen-bond acceptors (Lipinski definition) is 5. The van der Waals surface area contributed by atoms with E-state index in [2.05, 4.69) is 4.98 Å². The van der Waals surface area contributed by atoms with Gasteiger partial charge in [-0.1, -0.05) is 18.5 Å². The average molecular weight is 257 g/mol. The molecule has 2 atom stereocenters. The second-order valence-corrected chi connectivity index (χ2v) is 4.74. The highest BCUT2D eigenvalue weighted by Gasteiger charge is 2.31. The molecule has 1 aliphatic rings. The van der Waals surface area contributed by atoms with Crippen molar-refractivity contribution in [2.24, 2.45) is 11.7 Å². The third-order valence-corrected chi connectivity index (χ3v) is 3.19. The number of nitrogens with zero attached hydrogens (tertiary/aromatic N) is 3. The number of halogens is 1. The zero-order valence-electron chi connectivity index (χ0n) is 9.34. The van der Waals surface area contributed by atoms with Crippen LogP contribution in [0, 0.1) is 16.0 Å². The van der Waals surface area contributed by atoms with Crippen LogP contribution in [0.2, 0.25) is 5.02 Å². The Morgan fingerprint density at radius 3 is 2.88 bits per heavy atom. The van der Waals surface area contributed by atoms with Crippen LogP contribution in [0.3, 0.4) is 0 Å². The summed E-state index contributed by atoms with van der Waals surface area (Å²) in [5.41, 5.74) is 5.83. The van der Waals surface area contributed by atoms with Crippen molar-refractivity contribution in [2.75, 3.05) is 18.0 Å². The number of pyridine rings is 1. The van der Waals surface area contributed by atoms with E-state index in [-0.39, 0.29) is 16.8 Å². The second-order valence-electron chi connectivity index (χ2n) is 4.30. The number of nitrogens with two attached hydrogens (primary N) is 1. The summed E-state index contributed by atoms with van der Waals surface area (Å²) in [6.07, 6.45) is 1.42. The summed E-state index contributed by atoms with van der Waals surface area (Å²) in [7, 11) is 0. The molecule has 2 unspecified atom stereocenters. The minimum atomic E-state index is -0.470. The van der Waals surface area contributed by atoms with E-state index in [0.717, 1.165) is 0 Å². The lowest BCUT2D eigenvalue weighted by atomic mass is 10.1. The third-order valence-electron chi connectivity index (χ3n) is 2.98. The first-order valence-electron chi connectivity index (χ1n) is 5.29. The van der Waals surface area contributed by atoms with Gasteiger partial charge in [0.2, 0.25) is 5.82 Å². The normalized spacial score (nSPS) is 24.1. The smallest absolute Gasteiger partial charge is 0.313 e. The van der Waals surface area contributed by atoms with Gasteiger partial charge in [-0.3, -0.25) is 10.1 Å². The fourth-order valence-corrected chi connectivity index (χ4v) is 2.12. The molecule has 1 fully saturated rings. The number of aromatic nitrogens is 1. The zero-order chi connectivity index (χ0) is 12.6. The molecule has 1 aromatic heterocycles. The van der Waals surface area contributed by atoms with Crippen molar-refractivity contribution >= 4 is 23.1 Å². The molecular formula is C10H13ClN4O2. The average Bonchev–Trinajstić information content (AvgIpc) is 2.59. The summed E-state index contributed by atoms with van der Waals surface area (Å²) in [6, 6.07) is 1.34. The molecule has 0 aromatic carbocycles. The molecule has 6 nitrogen and oxygen atoms in total. The van der Waals surface area contributed by atoms with E-state index in [1.165, 1.54) is 12.3 Å². The minimum Gasteiger partial charge on any atom is -0.349 e. The lowest BCUT2D eigenvalue weighted by Crippen LogP contribution is -2.29. The SMILES string of the molecule is CC1CN(c2ncc(Cl)cc2[N+](=O)[O-])CC1N. The summed E-state index contributed by atoms with van der Waals surface area (Å²) in [5.74, 6) is 0.645. The molecule has 2 rings (SSSR count). The van der Waals surface area contributed by atoms with Crippen molar-refractivity contribution in [3.63, 3.8) is 0 Å². The second kappa shape index (κ2) is 4.46. The molecule has 0 spiro atoms. The van der Waals surface area contributed by atoms with Gasteiger partial charge in [-0.2, -0.15) is 0 Å². The Morgan fingerprint density at radius 1 is 1.65 bits per heavy atom. The molecule has 0 saturated carbocycles. The Bertz CT molecular complexity index is 444. The summed E-state index contributed by atoms with van der Waals surface area (Å²) >= 11 is 5.71. The van der Waals surface area contributed by atoms with E-state index in [1.54, 1.807) is 0 Å². The molecular weight excluding hydrogens is 244 g/mol. The first kappa shape index (κ1) is 12.1. The Kier molecular flexibility index (Phi) is 3.17. The number of nitro groups is 1. The largest absolute Gasteiger partial charge is 0.349 e. The maximum Gasteiger partial charge on any atom is 0.313 e. The van der Waals surface area contributed by atoms with Crippen molar-refractivity contribution in [1.29, 1.82) is 0 Å². The van der Waals surface area contributed by atoms with Crippen LogP contribution in [-0.4, -0.2) is 29.0 Å². The quantitative estimate of drug-likeness (QED) is 0.639. The lowest BCUT2D eigenvalue weighted by molar-refractivity contribution is -0.384. The minimum absolute atomic E-state index is 0.0204. The van der Waals surface area contributed by atoms with Crippen LogP contribution in [0.25, 0.3) is 0 Å². The highest BCUT2D eigenvalue weighted by Crippen LogP contribution is 2.31. The maximum atomic E-state index is 10.9. The molecule has 1 aromatic rings. The molecule has 1 saturated heterocycles. The fraction of sp³-hybridized carbons (Fsp3) is 0.500. The molecule has 7 heteroatoms. The van der Waals surface area contributed by atoms with Crippen molar-refractivity contribution < 1.29 is 4.92 Å². The van der Waals surface area contributed by atoms with Crippen LogP contribution in [0.5, 0.6) is 0 Å². The summed E-state index contributed by atoms with van der Waals surface area (Å²) < 4.78 is 0. The predicted molar refractivity (Wildman–Crippen MR) is 65.3 cm³/mol. The Labute approximate surface area is 104 Å². The third kappa shape index (κ3) is 2.32. The van der Waals surface area contributed by atoms with E-state index in [9.17, 15) is 10.1 Å². The highest BCUT2D eigenvalue weighted by molar-refractivity contribution is 6.30. The van der Waals surface area contributed by atoms with Gasteiger partial charge in [0.15, 0.2) is 0 Å². The molecule has 17 heavy (non-hydrogen) atoms. The summed E-state index contributed by atoms with van der Waals surface area (Å²) in [4.78, 5) is 16.4. The van der Waals surface area contributed by atoms with E-state index in [0.29, 0.717) is 24.8 Å². The standard InChI is InChI=1S/C10H13ClN4O2/c1-6-4-14(5-8(6)12)10-9(15(16)17)2-7(11)3-13-10/h2-3,6,8H,4-5,12H2,1H3. The van der Waals surface area contributed by atoms with E-state index < -0.39 is 4.92 Å². The first-order chi connectivity index (χ1) is 7.99. The van der Waals surface area contributed by atoms with Crippen molar-refractivity contribution in [3.8, 4) is 0 Å². The van der Waals surface area contributed by atoms with Gasteiger partial charge in [0.25, 0.3) is 0 Å². The highest BCUT2D eigenvalue weighted by atomic mass is 35.5. The van der Waals surface area contributed by atoms with Gasteiger partial charge in [0.05, 0.1) is 9.95 Å². The molecule has 2 heterocycles. The molecule has 0 aliphatic carbocycles. The molecule has 2 N–H and O–H groups in total. The topological polar surface area (TPSA) is 85.3 Å². The van der Waals surface area contributed by atoms with Gasteiger partial charge in [-0.25, -0.2) is 4.98 Å². The van der Waals surface area contributed by atoms with Gasteiger partial charge in [-0.05, 0) is 5.92 Å². The van der Waals surface area contributed by atoms with Crippen molar-refractivity contribution in [3.05, 3.63) is 27.4 Å². The Morgan fingerprint density at radius 2 is 2.35 bits per heavy atom. The van der Waals surface area contributed by atoms with E-state index >= 15 is 0 Å². The van der Waals surface area contributed by atoms with Crippen LogP contribution in [0.4, 0.5) is 11.5 Å².